The summed E-state index contributed by atoms with van der Waals surface area (Å²) in [5, 5.41) is 4.90. The lowest BCUT2D eigenvalue weighted by atomic mass is 9.91. The van der Waals surface area contributed by atoms with Gasteiger partial charge >= 0.3 is 6.03 Å². The van der Waals surface area contributed by atoms with Crippen LogP contribution in [-0.2, 0) is 14.3 Å². The average Bonchev–Trinajstić information content (AvgIpc) is 3.21. The molecule has 4 amide bonds. The molecule has 3 aromatic carbocycles. The lowest BCUT2D eigenvalue weighted by molar-refractivity contribution is -0.134. The van der Waals surface area contributed by atoms with Gasteiger partial charge in [-0.3, -0.25) is 9.59 Å². The fraction of sp³-hybridized carbons (Fsp3) is 0.276. The molecule has 0 bridgehead atoms. The molecule has 1 fully saturated rings. The Morgan fingerprint density at radius 2 is 1.67 bits per heavy atom. The molecule has 1 aliphatic heterocycles. The number of anilines is 1. The Labute approximate surface area is 224 Å². The number of ether oxygens (including phenoxy) is 2. The zero-order valence-electron chi connectivity index (χ0n) is 21.7. The van der Waals surface area contributed by atoms with E-state index in [1.165, 1.54) is 6.92 Å². The summed E-state index contributed by atoms with van der Waals surface area (Å²) in [6, 6.07) is 14.3. The third-order valence-electron chi connectivity index (χ3n) is 6.52. The van der Waals surface area contributed by atoms with Gasteiger partial charge in [0.25, 0.3) is 5.91 Å². The molecule has 1 heterocycles. The molecular weight excluding hydrogens is 508 g/mol. The van der Waals surface area contributed by atoms with E-state index in [0.717, 1.165) is 17.0 Å². The lowest BCUT2D eigenvalue weighted by Gasteiger charge is -2.30. The third-order valence-corrected chi connectivity index (χ3v) is 6.52. The van der Waals surface area contributed by atoms with Crippen molar-refractivity contribution in [3.8, 4) is 5.75 Å². The largest absolute Gasteiger partial charge is 0.491 e. The number of rotatable bonds is 10. The number of hydrogen-bond acceptors (Lipinski definition) is 5. The Balaban J connectivity index is 1.64. The number of urea groups is 1. The van der Waals surface area contributed by atoms with Crippen LogP contribution in [-0.4, -0.2) is 49.1 Å². The molecule has 0 spiro atoms. The maximum atomic E-state index is 14.6. The van der Waals surface area contributed by atoms with Gasteiger partial charge in [-0.05, 0) is 47.9 Å². The van der Waals surface area contributed by atoms with Crippen LogP contribution in [0.4, 0.5) is 19.3 Å². The average molecular weight is 538 g/mol. The molecule has 4 rings (SSSR count). The number of imide groups is 1. The van der Waals surface area contributed by atoms with Crippen molar-refractivity contribution in [2.75, 3.05) is 25.6 Å². The van der Waals surface area contributed by atoms with E-state index in [0.29, 0.717) is 35.7 Å². The van der Waals surface area contributed by atoms with Gasteiger partial charge in [0.2, 0.25) is 5.91 Å². The second kappa shape index (κ2) is 12.0. The molecule has 0 radical (unpaired) electrons. The fourth-order valence-electron chi connectivity index (χ4n) is 4.51. The Morgan fingerprint density at radius 3 is 2.28 bits per heavy atom. The zero-order valence-corrected chi connectivity index (χ0v) is 21.7. The SMILES string of the molecule is COCCOc1ccc([C@H]2NC(=O)N(C(C(=O)Nc3c(F)cc(C)cc3F)C(C)c3ccccc3)C2=O)cc1. The molecule has 0 aromatic heterocycles. The van der Waals surface area contributed by atoms with E-state index in [1.807, 2.05) is 0 Å². The molecule has 10 heteroatoms. The first kappa shape index (κ1) is 27.7. The number of nitrogens with zero attached hydrogens (tertiary/aromatic N) is 1. The van der Waals surface area contributed by atoms with Crippen molar-refractivity contribution in [2.24, 2.45) is 0 Å². The Hall–Kier alpha value is -4.31. The van der Waals surface area contributed by atoms with E-state index < -0.39 is 53.2 Å². The number of halogens is 2. The van der Waals surface area contributed by atoms with Gasteiger partial charge in [-0.25, -0.2) is 18.5 Å². The molecule has 2 N–H and O–H groups in total. The molecule has 3 atom stereocenters. The standard InChI is InChI=1S/C29H29F2N3O5/c1-17-15-22(30)25(23(31)16-17)32-27(35)26(18(2)19-7-5-4-6-8-19)34-28(36)24(33-29(34)37)20-9-11-21(12-10-20)39-14-13-38-3/h4-12,15-16,18,24,26H,13-14H2,1-3H3,(H,32,35)(H,33,37)/t18?,24-,26?/m1/s1. The smallest absolute Gasteiger partial charge is 0.325 e. The molecule has 1 aliphatic rings. The number of amides is 4. The van der Waals surface area contributed by atoms with Gasteiger partial charge in [0.05, 0.1) is 6.61 Å². The second-order valence-electron chi connectivity index (χ2n) is 9.24. The number of nitrogens with one attached hydrogen (secondary N) is 2. The summed E-state index contributed by atoms with van der Waals surface area (Å²) >= 11 is 0. The molecule has 3 aromatic rings. The van der Waals surface area contributed by atoms with Crippen LogP contribution in [0.1, 0.15) is 35.6 Å². The predicted octanol–water partition coefficient (Wildman–Crippen LogP) is 4.70. The number of methoxy groups -OCH3 is 1. The molecule has 1 saturated heterocycles. The highest BCUT2D eigenvalue weighted by molar-refractivity contribution is 6.10. The summed E-state index contributed by atoms with van der Waals surface area (Å²) in [4.78, 5) is 41.1. The quantitative estimate of drug-likeness (QED) is 0.289. The first-order valence-electron chi connectivity index (χ1n) is 12.4. The first-order chi connectivity index (χ1) is 18.7. The minimum Gasteiger partial charge on any atom is -0.491 e. The first-order valence-corrected chi connectivity index (χ1v) is 12.4. The molecule has 2 unspecified atom stereocenters. The van der Waals surface area contributed by atoms with Crippen LogP contribution in [0.25, 0.3) is 0 Å². The van der Waals surface area contributed by atoms with Gasteiger partial charge in [-0.1, -0.05) is 49.4 Å². The van der Waals surface area contributed by atoms with Crippen molar-refractivity contribution >= 4 is 23.5 Å². The van der Waals surface area contributed by atoms with Crippen molar-refractivity contribution < 1.29 is 32.6 Å². The van der Waals surface area contributed by atoms with Crippen molar-refractivity contribution in [3.63, 3.8) is 0 Å². The number of benzene rings is 3. The van der Waals surface area contributed by atoms with E-state index in [4.69, 9.17) is 9.47 Å². The van der Waals surface area contributed by atoms with Crippen molar-refractivity contribution in [3.05, 3.63) is 95.1 Å². The maximum absolute atomic E-state index is 14.6. The second-order valence-corrected chi connectivity index (χ2v) is 9.24. The number of carbonyl (C=O) groups is 3. The highest BCUT2D eigenvalue weighted by atomic mass is 19.1. The van der Waals surface area contributed by atoms with Crippen LogP contribution >= 0.6 is 0 Å². The van der Waals surface area contributed by atoms with Crippen molar-refractivity contribution in [1.82, 2.24) is 10.2 Å². The Morgan fingerprint density at radius 1 is 1.03 bits per heavy atom. The molecule has 0 saturated carbocycles. The summed E-state index contributed by atoms with van der Waals surface area (Å²) < 4.78 is 39.6. The minimum absolute atomic E-state index is 0.337. The van der Waals surface area contributed by atoms with Crippen LogP contribution in [0.3, 0.4) is 0 Å². The maximum Gasteiger partial charge on any atom is 0.325 e. The highest BCUT2D eigenvalue weighted by Gasteiger charge is 2.47. The predicted molar refractivity (Wildman–Crippen MR) is 140 cm³/mol. The van der Waals surface area contributed by atoms with E-state index in [2.05, 4.69) is 10.6 Å². The number of hydrogen-bond donors (Lipinski definition) is 2. The monoisotopic (exact) mass is 537 g/mol. The zero-order chi connectivity index (χ0) is 28.1. The van der Waals surface area contributed by atoms with Crippen molar-refractivity contribution in [2.45, 2.75) is 31.8 Å². The summed E-state index contributed by atoms with van der Waals surface area (Å²) in [6.45, 7) is 3.94. The topological polar surface area (TPSA) is 97.0 Å². The normalized spacial score (nSPS) is 16.5. The molecular formula is C29H29F2N3O5. The summed E-state index contributed by atoms with van der Waals surface area (Å²) in [6.07, 6.45) is 0. The number of carbonyl (C=O) groups excluding carboxylic acids is 3. The van der Waals surface area contributed by atoms with Gasteiger partial charge < -0.3 is 20.1 Å². The summed E-state index contributed by atoms with van der Waals surface area (Å²) in [5.74, 6) is -3.64. The highest BCUT2D eigenvalue weighted by Crippen LogP contribution is 2.32. The lowest BCUT2D eigenvalue weighted by Crippen LogP contribution is -2.50. The van der Waals surface area contributed by atoms with Gasteiger partial charge in [0.15, 0.2) is 0 Å². The van der Waals surface area contributed by atoms with E-state index in [1.54, 1.807) is 68.6 Å². The van der Waals surface area contributed by atoms with Crippen LogP contribution in [0, 0.1) is 18.6 Å². The molecule has 0 aliphatic carbocycles. The van der Waals surface area contributed by atoms with Crippen LogP contribution in [0.15, 0.2) is 66.7 Å². The van der Waals surface area contributed by atoms with E-state index in [9.17, 15) is 23.2 Å². The van der Waals surface area contributed by atoms with Gasteiger partial charge in [-0.2, -0.15) is 0 Å². The van der Waals surface area contributed by atoms with Crippen molar-refractivity contribution in [1.29, 1.82) is 0 Å². The van der Waals surface area contributed by atoms with Gasteiger partial charge in [-0.15, -0.1) is 0 Å². The van der Waals surface area contributed by atoms with Crippen LogP contribution in [0.2, 0.25) is 0 Å². The van der Waals surface area contributed by atoms with Crippen LogP contribution in [0.5, 0.6) is 5.75 Å². The Bertz CT molecular complexity index is 1330. The molecule has 39 heavy (non-hydrogen) atoms. The van der Waals surface area contributed by atoms with E-state index >= 15 is 0 Å². The Kier molecular flexibility index (Phi) is 8.55. The third kappa shape index (κ3) is 6.06. The van der Waals surface area contributed by atoms with E-state index in [-0.39, 0.29) is 0 Å². The summed E-state index contributed by atoms with van der Waals surface area (Å²) in [7, 11) is 1.56. The summed E-state index contributed by atoms with van der Waals surface area (Å²) in [5.41, 5.74) is 0.828. The minimum atomic E-state index is -1.40. The van der Waals surface area contributed by atoms with Gasteiger partial charge in [0.1, 0.15) is 41.8 Å². The van der Waals surface area contributed by atoms with Gasteiger partial charge in [0, 0.05) is 13.0 Å². The molecule has 204 valence electrons. The fourth-order valence-corrected chi connectivity index (χ4v) is 4.51. The number of aryl methyl sites for hydroxylation is 1. The van der Waals surface area contributed by atoms with Crippen LogP contribution < -0.4 is 15.4 Å². The molecule has 8 nitrogen and oxygen atoms in total.